The van der Waals surface area contributed by atoms with Crippen molar-refractivity contribution in [2.45, 2.75) is 257 Å². The number of allylic oxidation sites excluding steroid dienone is 12. The fraction of sp³-hybridized carbons (Fsp3) is 0.758. The number of ether oxygens (including phenoxy) is 4. The quantitative estimate of drug-likeness (QED) is 0.0195. The molecule has 0 saturated heterocycles. The maximum atomic E-state index is 12.8. The highest BCUT2D eigenvalue weighted by atomic mass is 16.7. The molecule has 0 aliphatic carbocycles. The first kappa shape index (κ1) is 67.7. The summed E-state index contributed by atoms with van der Waals surface area (Å²) in [6, 6.07) is 0. The van der Waals surface area contributed by atoms with Gasteiger partial charge in [-0.1, -0.05) is 241 Å². The van der Waals surface area contributed by atoms with Crippen molar-refractivity contribution in [3.05, 3.63) is 72.9 Å². The number of carbonyl (C=O) groups is 3. The second-order valence-electron chi connectivity index (χ2n) is 20.6. The van der Waals surface area contributed by atoms with Crippen LogP contribution >= 0.6 is 0 Å². The zero-order chi connectivity index (χ0) is 52.0. The Balaban J connectivity index is 4.29. The lowest BCUT2D eigenvalue weighted by Crippen LogP contribution is -2.44. The number of quaternary nitrogens is 1. The third-order valence-corrected chi connectivity index (χ3v) is 12.5. The van der Waals surface area contributed by atoms with E-state index in [0.29, 0.717) is 17.4 Å². The molecule has 2 unspecified atom stereocenters. The van der Waals surface area contributed by atoms with Crippen molar-refractivity contribution in [2.24, 2.45) is 0 Å². The third-order valence-electron chi connectivity index (χ3n) is 12.5. The first-order valence-electron chi connectivity index (χ1n) is 29.1. The van der Waals surface area contributed by atoms with Crippen LogP contribution in [0.4, 0.5) is 0 Å². The number of esters is 2. The smallest absolute Gasteiger partial charge is 0.306 e. The van der Waals surface area contributed by atoms with Crippen LogP contribution in [0.5, 0.6) is 0 Å². The fourth-order valence-corrected chi connectivity index (χ4v) is 8.01. The summed E-state index contributed by atoms with van der Waals surface area (Å²) in [5, 5.41) is 11.8. The number of hydrogen-bond acceptors (Lipinski definition) is 8. The molecule has 0 heterocycles. The highest BCUT2D eigenvalue weighted by molar-refractivity contribution is 5.70. The SMILES string of the molecule is CC/C=C\C/C=C\C/C=C\C/C=C\C/C=C\C/C=C\CCCCC(=O)OC(COC(=O)CCCCCCCCCCCCCCCCCCCCCCCCCCC)COC(OCC[N+](C)(C)C)C(=O)[O-]. The van der Waals surface area contributed by atoms with Gasteiger partial charge in [0.2, 0.25) is 0 Å². The summed E-state index contributed by atoms with van der Waals surface area (Å²) < 4.78 is 22.6. The Morgan fingerprint density at radius 3 is 1.20 bits per heavy atom. The van der Waals surface area contributed by atoms with Gasteiger partial charge in [-0.05, 0) is 64.2 Å². The lowest BCUT2D eigenvalue weighted by molar-refractivity contribution is -0.870. The third kappa shape index (κ3) is 54.3. The number of carboxylic acid groups (broad SMARTS) is 1. The molecule has 410 valence electrons. The number of carboxylic acids is 1. The highest BCUT2D eigenvalue weighted by Crippen LogP contribution is 2.17. The van der Waals surface area contributed by atoms with Gasteiger partial charge in [-0.2, -0.15) is 0 Å². The van der Waals surface area contributed by atoms with Crippen LogP contribution in [0.2, 0.25) is 0 Å². The molecule has 0 saturated carbocycles. The molecule has 71 heavy (non-hydrogen) atoms. The van der Waals surface area contributed by atoms with Crippen molar-refractivity contribution < 1.29 is 42.9 Å². The van der Waals surface area contributed by atoms with E-state index in [1.165, 1.54) is 141 Å². The lowest BCUT2D eigenvalue weighted by Gasteiger charge is -2.26. The minimum absolute atomic E-state index is 0.137. The van der Waals surface area contributed by atoms with Crippen LogP contribution in [0.25, 0.3) is 0 Å². The van der Waals surface area contributed by atoms with Crippen molar-refractivity contribution in [3.63, 3.8) is 0 Å². The van der Waals surface area contributed by atoms with Crippen LogP contribution in [0.3, 0.4) is 0 Å². The van der Waals surface area contributed by atoms with E-state index in [-0.39, 0.29) is 38.6 Å². The summed E-state index contributed by atoms with van der Waals surface area (Å²) in [5.41, 5.74) is 0. The molecule has 0 radical (unpaired) electrons. The van der Waals surface area contributed by atoms with Gasteiger partial charge >= 0.3 is 11.9 Å². The van der Waals surface area contributed by atoms with E-state index >= 15 is 0 Å². The average Bonchev–Trinajstić information content (AvgIpc) is 3.34. The van der Waals surface area contributed by atoms with Crippen molar-refractivity contribution in [1.82, 2.24) is 0 Å². The van der Waals surface area contributed by atoms with Gasteiger partial charge in [0.05, 0.1) is 40.3 Å². The second-order valence-corrected chi connectivity index (χ2v) is 20.6. The number of rotatable bonds is 53. The first-order valence-corrected chi connectivity index (χ1v) is 29.1. The Morgan fingerprint density at radius 2 is 0.803 bits per heavy atom. The Kier molecular flexibility index (Phi) is 50.6. The van der Waals surface area contributed by atoms with Crippen LogP contribution in [0, 0.1) is 0 Å². The molecule has 0 aromatic rings. The van der Waals surface area contributed by atoms with E-state index < -0.39 is 24.3 Å². The van der Waals surface area contributed by atoms with Crippen molar-refractivity contribution in [2.75, 3.05) is 47.5 Å². The molecule has 0 rings (SSSR count). The predicted molar refractivity (Wildman–Crippen MR) is 297 cm³/mol. The van der Waals surface area contributed by atoms with Gasteiger partial charge in [0, 0.05) is 12.8 Å². The summed E-state index contributed by atoms with van der Waals surface area (Å²) in [6.07, 6.45) is 65.3. The largest absolute Gasteiger partial charge is 0.545 e. The molecular weight excluding hydrogens is 887 g/mol. The van der Waals surface area contributed by atoms with Crippen LogP contribution in [0.15, 0.2) is 72.9 Å². The molecular formula is C62H109NO8. The fourth-order valence-electron chi connectivity index (χ4n) is 8.01. The van der Waals surface area contributed by atoms with Crippen LogP contribution in [-0.2, 0) is 33.3 Å². The molecule has 2 atom stereocenters. The Bertz CT molecular complexity index is 1390. The molecule has 0 spiro atoms. The zero-order valence-corrected chi connectivity index (χ0v) is 46.6. The van der Waals surface area contributed by atoms with Gasteiger partial charge in [-0.3, -0.25) is 9.59 Å². The van der Waals surface area contributed by atoms with Crippen molar-refractivity contribution in [3.8, 4) is 0 Å². The van der Waals surface area contributed by atoms with Crippen molar-refractivity contribution >= 4 is 17.9 Å². The summed E-state index contributed by atoms with van der Waals surface area (Å²) in [6.45, 7) is 4.60. The predicted octanol–water partition coefficient (Wildman–Crippen LogP) is 15.7. The molecule has 0 bridgehead atoms. The minimum Gasteiger partial charge on any atom is -0.545 e. The molecule has 0 aliphatic heterocycles. The summed E-state index contributed by atoms with van der Waals surface area (Å²) in [4.78, 5) is 37.3. The zero-order valence-electron chi connectivity index (χ0n) is 46.6. The summed E-state index contributed by atoms with van der Waals surface area (Å²) in [5.74, 6) is -2.34. The molecule has 0 aromatic heterocycles. The molecule has 0 aliphatic rings. The van der Waals surface area contributed by atoms with Crippen LogP contribution in [-0.4, -0.2) is 82.3 Å². The maximum absolute atomic E-state index is 12.8. The molecule has 0 fully saturated rings. The van der Waals surface area contributed by atoms with Gasteiger partial charge in [0.25, 0.3) is 0 Å². The average molecular weight is 997 g/mol. The van der Waals surface area contributed by atoms with E-state index in [0.717, 1.165) is 70.6 Å². The second kappa shape index (κ2) is 53.0. The topological polar surface area (TPSA) is 111 Å². The van der Waals surface area contributed by atoms with E-state index in [9.17, 15) is 19.5 Å². The number of likely N-dealkylation sites (N-methyl/N-ethyl adjacent to an activating group) is 1. The highest BCUT2D eigenvalue weighted by Gasteiger charge is 2.22. The summed E-state index contributed by atoms with van der Waals surface area (Å²) in [7, 11) is 5.90. The van der Waals surface area contributed by atoms with E-state index in [1.54, 1.807) is 0 Å². The van der Waals surface area contributed by atoms with Gasteiger partial charge in [0.15, 0.2) is 12.4 Å². The molecule has 9 heteroatoms. The molecule has 0 amide bonds. The van der Waals surface area contributed by atoms with Crippen LogP contribution < -0.4 is 5.11 Å². The molecule has 0 aromatic carbocycles. The molecule has 0 N–H and O–H groups in total. The Labute approximate surface area is 437 Å². The van der Waals surface area contributed by atoms with E-state index in [2.05, 4.69) is 86.8 Å². The van der Waals surface area contributed by atoms with Gasteiger partial charge in [-0.15, -0.1) is 0 Å². The van der Waals surface area contributed by atoms with Crippen LogP contribution in [0.1, 0.15) is 245 Å². The first-order chi connectivity index (χ1) is 34.6. The number of aliphatic carboxylic acids is 1. The standard InChI is InChI=1S/C62H109NO8/c1-6-8-10-12-14-16-18-20-22-24-26-28-29-30-31-33-34-36-38-40-42-44-46-48-50-52-59(64)69-56-58(57-70-62(61(66)67)68-55-54-63(3,4)5)71-60(65)53-51-49-47-45-43-41-39-37-35-32-27-25-23-21-19-17-15-13-11-9-7-2/h9,11,15,17,21,23,27,32,37,39,43,45,58,62H,6-8,10,12-14,16,18-20,22,24-26,28-31,33-36,38,40-42,44,46-57H2,1-5H3/b11-9-,17-15-,23-21-,32-27-,39-37-,45-43-. The van der Waals surface area contributed by atoms with E-state index in [4.69, 9.17) is 18.9 Å². The van der Waals surface area contributed by atoms with E-state index in [1.807, 2.05) is 21.1 Å². The van der Waals surface area contributed by atoms with Gasteiger partial charge in [0.1, 0.15) is 13.2 Å². The Morgan fingerprint density at radius 1 is 0.437 bits per heavy atom. The monoisotopic (exact) mass is 996 g/mol. The Hall–Kier alpha value is -3.27. The summed E-state index contributed by atoms with van der Waals surface area (Å²) >= 11 is 0. The van der Waals surface area contributed by atoms with Gasteiger partial charge < -0.3 is 33.3 Å². The number of hydrogen-bond donors (Lipinski definition) is 0. The number of nitrogens with zero attached hydrogens (tertiary/aromatic N) is 1. The van der Waals surface area contributed by atoms with Crippen molar-refractivity contribution in [1.29, 1.82) is 0 Å². The number of unbranched alkanes of at least 4 members (excludes halogenated alkanes) is 26. The van der Waals surface area contributed by atoms with Gasteiger partial charge in [-0.25, -0.2) is 0 Å². The normalized spacial score (nSPS) is 13.3. The lowest BCUT2D eigenvalue weighted by atomic mass is 10.0. The molecule has 9 nitrogen and oxygen atoms in total. The number of carbonyl (C=O) groups excluding carboxylic acids is 3. The minimum atomic E-state index is -1.64. The maximum Gasteiger partial charge on any atom is 0.306 e.